The number of hydrogen-bond acceptors (Lipinski definition) is 6. The minimum Gasteiger partial charge on any atom is -0.379 e. The predicted molar refractivity (Wildman–Crippen MR) is 158 cm³/mol. The van der Waals surface area contributed by atoms with Crippen LogP contribution in [-0.4, -0.2) is 83.5 Å². The lowest BCUT2D eigenvalue weighted by Gasteiger charge is -2.27. The lowest BCUT2D eigenvalue weighted by molar-refractivity contribution is -0.129. The first-order valence-corrected chi connectivity index (χ1v) is 14.2. The summed E-state index contributed by atoms with van der Waals surface area (Å²) in [4.78, 5) is 45.5. The van der Waals surface area contributed by atoms with Crippen molar-refractivity contribution >= 4 is 35.0 Å². The van der Waals surface area contributed by atoms with Crippen LogP contribution in [0.1, 0.15) is 24.6 Å². The van der Waals surface area contributed by atoms with Crippen molar-refractivity contribution in [2.24, 2.45) is 0 Å². The number of halogens is 1. The zero-order valence-corrected chi connectivity index (χ0v) is 24.0. The number of pyridine rings is 1. The summed E-state index contributed by atoms with van der Waals surface area (Å²) in [7, 11) is 0. The van der Waals surface area contributed by atoms with Crippen molar-refractivity contribution in [3.63, 3.8) is 0 Å². The van der Waals surface area contributed by atoms with Gasteiger partial charge in [-0.05, 0) is 24.1 Å². The van der Waals surface area contributed by atoms with E-state index in [1.807, 2.05) is 30.3 Å². The van der Waals surface area contributed by atoms with Crippen molar-refractivity contribution in [3.05, 3.63) is 83.3 Å². The maximum atomic E-state index is 13.6. The summed E-state index contributed by atoms with van der Waals surface area (Å²) in [6, 6.07) is 12.0. The summed E-state index contributed by atoms with van der Waals surface area (Å²) < 4.78 is 7.16. The minimum atomic E-state index is -0.854. The van der Waals surface area contributed by atoms with Gasteiger partial charge in [-0.1, -0.05) is 55.4 Å². The topological polar surface area (TPSA) is 117 Å². The molecule has 11 heteroatoms. The molecule has 41 heavy (non-hydrogen) atoms. The molecular formula is C30H37ClN6O4. The van der Waals surface area contributed by atoms with E-state index in [4.69, 9.17) is 16.3 Å². The number of nitrogens with one attached hydrogen (secondary N) is 3. The quantitative estimate of drug-likeness (QED) is 0.267. The second-order valence-electron chi connectivity index (χ2n) is 10.1. The van der Waals surface area contributed by atoms with Crippen LogP contribution in [-0.2, 0) is 32.0 Å². The Kier molecular flexibility index (Phi) is 10.9. The highest BCUT2D eigenvalue weighted by Gasteiger charge is 2.25. The molecule has 218 valence electrons. The van der Waals surface area contributed by atoms with Gasteiger partial charge in [-0.2, -0.15) is 0 Å². The van der Waals surface area contributed by atoms with E-state index in [-0.39, 0.29) is 37.1 Å². The number of carbonyl (C=O) groups excluding carboxylic acids is 3. The molecule has 3 heterocycles. The molecular weight excluding hydrogens is 544 g/mol. The van der Waals surface area contributed by atoms with Gasteiger partial charge in [-0.3, -0.25) is 19.3 Å². The molecule has 4 rings (SSSR count). The molecule has 1 saturated heterocycles. The molecule has 0 bridgehead atoms. The van der Waals surface area contributed by atoms with E-state index in [0.29, 0.717) is 48.1 Å². The average molecular weight is 581 g/mol. The van der Waals surface area contributed by atoms with E-state index < -0.39 is 12.1 Å². The van der Waals surface area contributed by atoms with Crippen molar-refractivity contribution in [1.82, 2.24) is 30.2 Å². The lowest BCUT2D eigenvalue weighted by Crippen LogP contribution is -2.53. The van der Waals surface area contributed by atoms with Crippen molar-refractivity contribution < 1.29 is 19.1 Å². The molecule has 2 aromatic heterocycles. The SMILES string of the molecule is C=C(CN1CCOCC1)C(=O)NC[C@H](Cc1ccccc1)NC(=O)[C@H](Cc1cn2cc(Cl)ccc2n1)NC(=O)CC. The molecule has 3 N–H and O–H groups in total. The van der Waals surface area contributed by atoms with Gasteiger partial charge in [0.2, 0.25) is 17.7 Å². The van der Waals surface area contributed by atoms with E-state index in [0.717, 1.165) is 18.7 Å². The normalized spacial score (nSPS) is 15.2. The van der Waals surface area contributed by atoms with Gasteiger partial charge in [0, 0.05) is 57.0 Å². The first kappa shape index (κ1) is 30.2. The number of aromatic nitrogens is 2. The van der Waals surface area contributed by atoms with E-state index in [2.05, 4.69) is 32.4 Å². The Balaban J connectivity index is 1.44. The second-order valence-corrected chi connectivity index (χ2v) is 10.6. The Morgan fingerprint density at radius 2 is 1.80 bits per heavy atom. The van der Waals surface area contributed by atoms with E-state index in [9.17, 15) is 14.4 Å². The van der Waals surface area contributed by atoms with Crippen LogP contribution >= 0.6 is 11.6 Å². The zero-order valence-electron chi connectivity index (χ0n) is 23.3. The number of benzene rings is 1. The summed E-state index contributed by atoms with van der Waals surface area (Å²) in [6.45, 7) is 9.13. The van der Waals surface area contributed by atoms with Crippen LogP contribution in [0.3, 0.4) is 0 Å². The fraction of sp³-hybridized carbons (Fsp3) is 0.400. The monoisotopic (exact) mass is 580 g/mol. The van der Waals surface area contributed by atoms with Gasteiger partial charge in [0.15, 0.2) is 0 Å². The summed E-state index contributed by atoms with van der Waals surface area (Å²) >= 11 is 6.10. The Labute approximate surface area is 245 Å². The highest BCUT2D eigenvalue weighted by atomic mass is 35.5. The smallest absolute Gasteiger partial charge is 0.247 e. The third kappa shape index (κ3) is 9.14. The number of fused-ring (bicyclic) bond motifs is 1. The minimum absolute atomic E-state index is 0.192. The number of nitrogens with zero attached hydrogens (tertiary/aromatic N) is 3. The van der Waals surface area contributed by atoms with Crippen LogP contribution in [0.25, 0.3) is 5.65 Å². The van der Waals surface area contributed by atoms with Gasteiger partial charge in [-0.15, -0.1) is 0 Å². The third-order valence-corrected chi connectivity index (χ3v) is 7.09. The number of hydrogen-bond donors (Lipinski definition) is 3. The maximum Gasteiger partial charge on any atom is 0.247 e. The summed E-state index contributed by atoms with van der Waals surface area (Å²) in [6.07, 6.45) is 4.45. The molecule has 0 aliphatic carbocycles. The first-order valence-electron chi connectivity index (χ1n) is 13.8. The van der Waals surface area contributed by atoms with Gasteiger partial charge in [0.05, 0.1) is 30.0 Å². The van der Waals surface area contributed by atoms with Crippen LogP contribution in [0, 0.1) is 0 Å². The molecule has 0 unspecified atom stereocenters. The van der Waals surface area contributed by atoms with Gasteiger partial charge >= 0.3 is 0 Å². The standard InChI is InChI=1S/C30H37ClN6O4/c1-3-28(38)35-26(16-25-20-37-19-23(31)9-10-27(37)33-25)30(40)34-24(15-22-7-5-4-6-8-22)17-32-29(39)21(2)18-36-11-13-41-14-12-36/h4-10,19-20,24,26H,2-3,11-18H2,1H3,(H,32,39)(H,34,40)(H,35,38)/t24-,26-/m0/s1. The van der Waals surface area contributed by atoms with Crippen molar-refractivity contribution in [3.8, 4) is 0 Å². The number of morpholine rings is 1. The van der Waals surface area contributed by atoms with Gasteiger partial charge < -0.3 is 25.1 Å². The molecule has 1 aliphatic heterocycles. The van der Waals surface area contributed by atoms with Crippen LogP contribution < -0.4 is 16.0 Å². The van der Waals surface area contributed by atoms with Crippen LogP contribution in [0.15, 0.2) is 67.0 Å². The molecule has 1 aliphatic rings. The number of imidazole rings is 1. The van der Waals surface area contributed by atoms with Crippen LogP contribution in [0.2, 0.25) is 5.02 Å². The van der Waals surface area contributed by atoms with Gasteiger partial charge in [0.1, 0.15) is 11.7 Å². The highest BCUT2D eigenvalue weighted by Crippen LogP contribution is 2.13. The first-order chi connectivity index (χ1) is 19.8. The summed E-state index contributed by atoms with van der Waals surface area (Å²) in [5.41, 5.74) is 2.78. The van der Waals surface area contributed by atoms with Crippen molar-refractivity contribution in [2.75, 3.05) is 39.4 Å². The Bertz CT molecular complexity index is 1360. The predicted octanol–water partition coefficient (Wildman–Crippen LogP) is 2.16. The van der Waals surface area contributed by atoms with Gasteiger partial charge in [-0.25, -0.2) is 4.98 Å². The molecule has 0 radical (unpaired) electrons. The molecule has 10 nitrogen and oxygen atoms in total. The number of amides is 3. The van der Waals surface area contributed by atoms with E-state index in [1.165, 1.54) is 0 Å². The summed E-state index contributed by atoms with van der Waals surface area (Å²) in [5, 5.41) is 9.38. The molecule has 3 amide bonds. The largest absolute Gasteiger partial charge is 0.379 e. The molecule has 3 aromatic rings. The molecule has 0 spiro atoms. The van der Waals surface area contributed by atoms with Crippen molar-refractivity contribution in [1.29, 1.82) is 0 Å². The Morgan fingerprint density at radius 3 is 2.54 bits per heavy atom. The Morgan fingerprint density at radius 1 is 1.05 bits per heavy atom. The molecule has 2 atom stereocenters. The number of carbonyl (C=O) groups is 3. The number of ether oxygens (including phenoxy) is 1. The van der Waals surface area contributed by atoms with E-state index >= 15 is 0 Å². The van der Waals surface area contributed by atoms with Crippen LogP contribution in [0.5, 0.6) is 0 Å². The fourth-order valence-electron chi connectivity index (χ4n) is 4.65. The van der Waals surface area contributed by atoms with E-state index in [1.54, 1.807) is 35.9 Å². The average Bonchev–Trinajstić information content (AvgIpc) is 3.37. The highest BCUT2D eigenvalue weighted by molar-refractivity contribution is 6.30. The van der Waals surface area contributed by atoms with Crippen molar-refractivity contribution in [2.45, 2.75) is 38.3 Å². The molecule has 1 aromatic carbocycles. The fourth-order valence-corrected chi connectivity index (χ4v) is 4.82. The second kappa shape index (κ2) is 14.8. The number of rotatable bonds is 13. The Hall–Kier alpha value is -3.73. The molecule has 0 saturated carbocycles. The van der Waals surface area contributed by atoms with Gasteiger partial charge in [0.25, 0.3) is 0 Å². The van der Waals surface area contributed by atoms with Crippen LogP contribution in [0.4, 0.5) is 0 Å². The zero-order chi connectivity index (χ0) is 29.2. The summed E-state index contributed by atoms with van der Waals surface area (Å²) in [5.74, 6) is -0.864. The third-order valence-electron chi connectivity index (χ3n) is 6.87. The maximum absolute atomic E-state index is 13.6. The lowest BCUT2D eigenvalue weighted by atomic mass is 10.0. The molecule has 1 fully saturated rings.